The van der Waals surface area contributed by atoms with Crippen molar-refractivity contribution in [3.8, 4) is 0 Å². The molecule has 0 saturated carbocycles. The summed E-state index contributed by atoms with van der Waals surface area (Å²) >= 11 is 1.26. The first kappa shape index (κ1) is 20.4. The normalized spacial score (nSPS) is 19.1. The molecule has 30 heavy (non-hydrogen) atoms. The van der Waals surface area contributed by atoms with Crippen LogP contribution in [0.5, 0.6) is 0 Å². The lowest BCUT2D eigenvalue weighted by atomic mass is 9.95. The van der Waals surface area contributed by atoms with Gasteiger partial charge < -0.3 is 15.5 Å². The number of piperidine rings is 1. The smallest absolute Gasteiger partial charge is 0.247 e. The molecule has 2 aliphatic rings. The molecule has 6 nitrogen and oxygen atoms in total. The number of halogens is 1. The minimum absolute atomic E-state index is 0.177. The third-order valence-corrected chi connectivity index (χ3v) is 6.73. The maximum absolute atomic E-state index is 13.7. The molecule has 0 aliphatic carbocycles. The quantitative estimate of drug-likeness (QED) is 0.736. The summed E-state index contributed by atoms with van der Waals surface area (Å²) in [7, 11) is 0. The summed E-state index contributed by atoms with van der Waals surface area (Å²) in [6.45, 7) is 2.48. The van der Waals surface area contributed by atoms with Gasteiger partial charge in [-0.05, 0) is 49.6 Å². The molecule has 8 heteroatoms. The predicted octanol–water partition coefficient (Wildman–Crippen LogP) is 3.42. The van der Waals surface area contributed by atoms with E-state index in [0.29, 0.717) is 37.2 Å². The zero-order valence-electron chi connectivity index (χ0n) is 16.5. The number of nitrogens with one attached hydrogen (secondary N) is 2. The Morgan fingerprint density at radius 3 is 2.63 bits per heavy atom. The molecule has 156 valence electrons. The zero-order valence-corrected chi connectivity index (χ0v) is 17.3. The van der Waals surface area contributed by atoms with Crippen LogP contribution in [0, 0.1) is 18.7 Å². The zero-order chi connectivity index (χ0) is 21.3. The van der Waals surface area contributed by atoms with Crippen LogP contribution >= 0.6 is 11.8 Å². The van der Waals surface area contributed by atoms with Crippen LogP contribution < -0.4 is 10.6 Å². The summed E-state index contributed by atoms with van der Waals surface area (Å²) in [4.78, 5) is 40.4. The van der Waals surface area contributed by atoms with Gasteiger partial charge in [0.25, 0.3) is 0 Å². The number of carbonyl (C=O) groups excluding carboxylic acids is 3. The van der Waals surface area contributed by atoms with Crippen molar-refractivity contribution < 1.29 is 18.8 Å². The highest BCUT2D eigenvalue weighted by Gasteiger charge is 2.37. The Balaban J connectivity index is 1.34. The number of hydrogen-bond acceptors (Lipinski definition) is 4. The summed E-state index contributed by atoms with van der Waals surface area (Å²) in [5.41, 5.74) is 1.67. The van der Waals surface area contributed by atoms with Gasteiger partial charge in [-0.15, -0.1) is 11.8 Å². The third-order valence-electron chi connectivity index (χ3n) is 5.47. The second-order valence-electron chi connectivity index (χ2n) is 7.54. The van der Waals surface area contributed by atoms with Crippen molar-refractivity contribution in [1.82, 2.24) is 4.90 Å². The number of anilines is 2. The molecular formula is C22H22FN3O3S. The van der Waals surface area contributed by atoms with Crippen LogP contribution in [-0.4, -0.2) is 41.0 Å². The highest BCUT2D eigenvalue weighted by atomic mass is 32.2. The highest BCUT2D eigenvalue weighted by molar-refractivity contribution is 8.01. The lowest BCUT2D eigenvalue weighted by Gasteiger charge is -2.34. The number of thioether (sulfide) groups is 1. The molecule has 2 N–H and O–H groups in total. The molecule has 0 radical (unpaired) electrons. The van der Waals surface area contributed by atoms with E-state index in [-0.39, 0.29) is 29.5 Å². The molecule has 2 aromatic rings. The van der Waals surface area contributed by atoms with Crippen LogP contribution in [-0.2, 0) is 14.4 Å². The first-order valence-corrected chi connectivity index (χ1v) is 10.7. The van der Waals surface area contributed by atoms with Crippen molar-refractivity contribution in [3.63, 3.8) is 0 Å². The Bertz CT molecular complexity index is 1000. The van der Waals surface area contributed by atoms with E-state index in [9.17, 15) is 18.8 Å². The van der Waals surface area contributed by atoms with Gasteiger partial charge in [-0.25, -0.2) is 4.39 Å². The van der Waals surface area contributed by atoms with Gasteiger partial charge in [0, 0.05) is 29.6 Å². The molecule has 1 atom stereocenters. The number of rotatable bonds is 3. The lowest BCUT2D eigenvalue weighted by Crippen LogP contribution is -2.48. The van der Waals surface area contributed by atoms with Gasteiger partial charge in [-0.1, -0.05) is 18.2 Å². The number of para-hydroxylation sites is 1. The summed E-state index contributed by atoms with van der Waals surface area (Å²) in [6, 6.07) is 12.0. The number of nitrogens with zero attached hydrogens (tertiary/aromatic N) is 1. The Labute approximate surface area is 178 Å². The van der Waals surface area contributed by atoms with E-state index in [1.807, 2.05) is 24.3 Å². The standard InChI is InChI=1S/C22H22FN3O3S/c1-13-6-7-15(12-16(13)23)24-20(27)14-8-10-26(11-9-14)22(29)19-21(28)25-17-4-2-3-5-18(17)30-19/h2-7,12,14,19H,8-11H2,1H3,(H,24,27)(H,25,28)/t19-/m0/s1. The maximum Gasteiger partial charge on any atom is 0.247 e. The predicted molar refractivity (Wildman–Crippen MR) is 114 cm³/mol. The molecule has 2 heterocycles. The minimum Gasteiger partial charge on any atom is -0.341 e. The van der Waals surface area contributed by atoms with E-state index in [4.69, 9.17) is 0 Å². The Hall–Kier alpha value is -2.87. The molecule has 2 aromatic carbocycles. The molecule has 4 rings (SSSR count). The Morgan fingerprint density at radius 2 is 1.90 bits per heavy atom. The Morgan fingerprint density at radius 1 is 1.17 bits per heavy atom. The SMILES string of the molecule is Cc1ccc(NC(=O)C2CCN(C(=O)[C@H]3Sc4ccccc4NC3=O)CC2)cc1F. The van der Waals surface area contributed by atoms with Crippen LogP contribution in [0.25, 0.3) is 0 Å². The average Bonchev–Trinajstić information content (AvgIpc) is 2.75. The second kappa shape index (κ2) is 8.47. The topological polar surface area (TPSA) is 78.5 Å². The van der Waals surface area contributed by atoms with E-state index < -0.39 is 5.25 Å². The first-order valence-electron chi connectivity index (χ1n) is 9.85. The van der Waals surface area contributed by atoms with Gasteiger partial charge >= 0.3 is 0 Å². The van der Waals surface area contributed by atoms with E-state index in [1.54, 1.807) is 24.0 Å². The van der Waals surface area contributed by atoms with Crippen LogP contribution in [0.2, 0.25) is 0 Å². The van der Waals surface area contributed by atoms with Gasteiger partial charge in [0.1, 0.15) is 5.82 Å². The maximum atomic E-state index is 13.7. The van der Waals surface area contributed by atoms with Crippen molar-refractivity contribution in [2.75, 3.05) is 23.7 Å². The van der Waals surface area contributed by atoms with Gasteiger partial charge in [0.2, 0.25) is 17.7 Å². The van der Waals surface area contributed by atoms with Crippen molar-refractivity contribution in [2.24, 2.45) is 5.92 Å². The summed E-state index contributed by atoms with van der Waals surface area (Å²) in [6.07, 6.45) is 1.00. The molecule has 1 saturated heterocycles. The number of fused-ring (bicyclic) bond motifs is 1. The van der Waals surface area contributed by atoms with E-state index >= 15 is 0 Å². The van der Waals surface area contributed by atoms with Crippen molar-refractivity contribution in [2.45, 2.75) is 29.9 Å². The Kier molecular flexibility index (Phi) is 5.76. The second-order valence-corrected chi connectivity index (χ2v) is 8.68. The van der Waals surface area contributed by atoms with Crippen molar-refractivity contribution in [3.05, 3.63) is 53.8 Å². The first-order chi connectivity index (χ1) is 14.4. The molecule has 0 aromatic heterocycles. The summed E-state index contributed by atoms with van der Waals surface area (Å²) in [5.74, 6) is -1.34. The van der Waals surface area contributed by atoms with Crippen molar-refractivity contribution in [1.29, 1.82) is 0 Å². The van der Waals surface area contributed by atoms with Crippen LogP contribution in [0.15, 0.2) is 47.4 Å². The van der Waals surface area contributed by atoms with Gasteiger partial charge in [-0.2, -0.15) is 0 Å². The van der Waals surface area contributed by atoms with Gasteiger partial charge in [0.15, 0.2) is 5.25 Å². The minimum atomic E-state index is -0.819. The lowest BCUT2D eigenvalue weighted by molar-refractivity contribution is -0.136. The molecule has 1 fully saturated rings. The molecule has 0 unspecified atom stereocenters. The number of carbonyl (C=O) groups is 3. The number of benzene rings is 2. The number of likely N-dealkylation sites (tertiary alicyclic amines) is 1. The molecule has 0 bridgehead atoms. The largest absolute Gasteiger partial charge is 0.341 e. The van der Waals surface area contributed by atoms with Gasteiger partial charge in [0.05, 0.1) is 5.69 Å². The molecule has 0 spiro atoms. The number of aryl methyl sites for hydroxylation is 1. The highest BCUT2D eigenvalue weighted by Crippen LogP contribution is 2.36. The van der Waals surface area contributed by atoms with Crippen molar-refractivity contribution >= 4 is 40.9 Å². The third kappa shape index (κ3) is 4.18. The fourth-order valence-corrected chi connectivity index (χ4v) is 4.73. The number of amides is 3. The van der Waals surface area contributed by atoms with E-state index in [1.165, 1.54) is 17.8 Å². The van der Waals surface area contributed by atoms with Crippen LogP contribution in [0.3, 0.4) is 0 Å². The fraction of sp³-hybridized carbons (Fsp3) is 0.318. The molecule has 3 amide bonds. The van der Waals surface area contributed by atoms with Crippen LogP contribution in [0.1, 0.15) is 18.4 Å². The van der Waals surface area contributed by atoms with E-state index in [0.717, 1.165) is 10.6 Å². The number of hydrogen-bond donors (Lipinski definition) is 2. The molecule has 2 aliphatic heterocycles. The van der Waals surface area contributed by atoms with Crippen LogP contribution in [0.4, 0.5) is 15.8 Å². The van der Waals surface area contributed by atoms with E-state index in [2.05, 4.69) is 10.6 Å². The summed E-state index contributed by atoms with van der Waals surface area (Å²) < 4.78 is 13.7. The molecular weight excluding hydrogens is 405 g/mol. The van der Waals surface area contributed by atoms with Gasteiger partial charge in [-0.3, -0.25) is 14.4 Å². The average molecular weight is 428 g/mol. The summed E-state index contributed by atoms with van der Waals surface area (Å²) in [5, 5.41) is 4.73. The monoisotopic (exact) mass is 427 g/mol. The fourth-order valence-electron chi connectivity index (χ4n) is 3.66.